The summed E-state index contributed by atoms with van der Waals surface area (Å²) < 4.78 is 77.3. The van der Waals surface area contributed by atoms with Crippen LogP contribution in [-0.4, -0.2) is 15.2 Å². The molecule has 11 heteroatoms. The normalized spacial score (nSPS) is 14.0. The largest absolute Gasteiger partial charge is 0.416 e. The van der Waals surface area contributed by atoms with E-state index >= 15 is 0 Å². The third kappa shape index (κ3) is 5.94. The zero-order valence-corrected chi connectivity index (χ0v) is 14.6. The summed E-state index contributed by atoms with van der Waals surface area (Å²) in [6.45, 7) is 6.84. The van der Waals surface area contributed by atoms with E-state index in [2.05, 4.69) is 9.83 Å². The molecular weight excluding hydrogens is 442 g/mol. The van der Waals surface area contributed by atoms with Gasteiger partial charge in [-0.3, -0.25) is 0 Å². The minimum Gasteiger partial charge on any atom is -0.388 e. The van der Waals surface area contributed by atoms with Crippen molar-refractivity contribution < 1.29 is 53.6 Å². The summed E-state index contributed by atoms with van der Waals surface area (Å²) in [4.78, 5) is 6.72. The number of hydrogen-bond donors (Lipinski definition) is 2. The number of pyridine rings is 1. The van der Waals surface area contributed by atoms with Gasteiger partial charge >= 0.3 is 12.4 Å². The average molecular weight is 454 g/mol. The quantitative estimate of drug-likeness (QED) is 0.396. The smallest absolute Gasteiger partial charge is 0.388 e. The molecule has 2 atom stereocenters. The summed E-state index contributed by atoms with van der Waals surface area (Å²) >= 11 is 0. The van der Waals surface area contributed by atoms with Crippen molar-refractivity contribution in [1.82, 2.24) is 4.98 Å². The molecule has 4 nitrogen and oxygen atoms in total. The van der Waals surface area contributed by atoms with Crippen LogP contribution in [0.5, 0.6) is 0 Å². The van der Waals surface area contributed by atoms with Crippen LogP contribution >= 0.6 is 0 Å². The van der Waals surface area contributed by atoms with Gasteiger partial charge in [-0.1, -0.05) is 6.57 Å². The van der Waals surface area contributed by atoms with Gasteiger partial charge in [0.15, 0.2) is 0 Å². The molecule has 0 aliphatic rings. The molecule has 0 fully saturated rings. The molecule has 2 rings (SSSR count). The molecule has 1 aromatic heterocycles. The van der Waals surface area contributed by atoms with Crippen molar-refractivity contribution in [3.8, 4) is 0 Å². The van der Waals surface area contributed by atoms with Gasteiger partial charge < -0.3 is 15.1 Å². The number of nitrogens with zero attached hydrogens (tertiary/aromatic N) is 2. The number of aromatic nitrogens is 1. The minimum absolute atomic E-state index is 0. The van der Waals surface area contributed by atoms with Crippen LogP contribution in [0.3, 0.4) is 0 Å². The van der Waals surface area contributed by atoms with E-state index in [1.165, 1.54) is 18.3 Å². The zero-order valence-electron chi connectivity index (χ0n) is 13.7. The van der Waals surface area contributed by atoms with E-state index in [1.807, 2.05) is 0 Å². The van der Waals surface area contributed by atoms with Crippen LogP contribution in [0.2, 0.25) is 0 Å². The molecule has 155 valence electrons. The van der Waals surface area contributed by atoms with Crippen molar-refractivity contribution in [3.63, 3.8) is 0 Å². The summed E-state index contributed by atoms with van der Waals surface area (Å²) in [6.07, 6.45) is -12.7. The molecule has 1 aromatic carbocycles. The van der Waals surface area contributed by atoms with Crippen molar-refractivity contribution in [1.29, 1.82) is 0 Å². The standard InChI is InChI=1S/C17H12F6N2O2.Cu/c1-24-15-6-9(2-3-25-15)13(26)8-14(27)10-4-11(16(18,19)20)7-12(5-10)17(21,22)23;/h2-7,13-14,26-27H,8H2;. The van der Waals surface area contributed by atoms with E-state index in [9.17, 15) is 36.6 Å². The molecule has 0 bridgehead atoms. The van der Waals surface area contributed by atoms with Crippen LogP contribution in [0.4, 0.5) is 32.2 Å². The molecule has 0 amide bonds. The van der Waals surface area contributed by atoms with Gasteiger partial charge in [0.1, 0.15) is 6.20 Å². The van der Waals surface area contributed by atoms with Gasteiger partial charge in [0.25, 0.3) is 5.82 Å². The van der Waals surface area contributed by atoms with Gasteiger partial charge in [-0.15, -0.1) is 4.98 Å². The Morgan fingerprint density at radius 1 is 0.893 bits per heavy atom. The molecular formula is C17H12CuF6N2O2. The first-order chi connectivity index (χ1) is 12.4. The second-order valence-electron chi connectivity index (χ2n) is 5.67. The molecule has 0 aliphatic carbocycles. The van der Waals surface area contributed by atoms with Gasteiger partial charge in [0, 0.05) is 23.5 Å². The Hall–Kier alpha value is -2.12. The molecule has 2 aromatic rings. The first-order valence-corrected chi connectivity index (χ1v) is 7.40. The topological polar surface area (TPSA) is 57.7 Å². The van der Waals surface area contributed by atoms with E-state index in [4.69, 9.17) is 6.57 Å². The maximum absolute atomic E-state index is 12.9. The Kier molecular flexibility index (Phi) is 7.62. The molecule has 0 saturated carbocycles. The Morgan fingerprint density at radius 3 is 1.86 bits per heavy atom. The summed E-state index contributed by atoms with van der Waals surface area (Å²) in [6, 6.07) is 3.29. The fourth-order valence-electron chi connectivity index (χ4n) is 2.36. The molecule has 1 radical (unpaired) electrons. The molecule has 0 saturated heterocycles. The third-order valence-corrected chi connectivity index (χ3v) is 3.71. The van der Waals surface area contributed by atoms with Crippen molar-refractivity contribution in [3.05, 3.63) is 70.2 Å². The van der Waals surface area contributed by atoms with Crippen LogP contribution in [0.1, 0.15) is 40.9 Å². The molecule has 0 aliphatic heterocycles. The van der Waals surface area contributed by atoms with Crippen LogP contribution in [-0.2, 0) is 29.4 Å². The van der Waals surface area contributed by atoms with Crippen LogP contribution in [0, 0.1) is 6.57 Å². The molecule has 28 heavy (non-hydrogen) atoms. The molecule has 1 heterocycles. The number of aliphatic hydroxyl groups is 2. The molecule has 2 unspecified atom stereocenters. The second kappa shape index (κ2) is 8.92. The van der Waals surface area contributed by atoms with Gasteiger partial charge in [0.2, 0.25) is 0 Å². The number of benzene rings is 1. The van der Waals surface area contributed by atoms with Crippen LogP contribution < -0.4 is 0 Å². The second-order valence-corrected chi connectivity index (χ2v) is 5.67. The first kappa shape index (κ1) is 23.9. The van der Waals surface area contributed by atoms with E-state index in [1.54, 1.807) is 0 Å². The number of aliphatic hydroxyl groups excluding tert-OH is 2. The SMILES string of the molecule is [C-]#[N+]c1cc(C(O)CC(O)c2cc(C(F)(F)F)cc(C(F)(F)F)c2)ccn1.[Cu]. The van der Waals surface area contributed by atoms with Crippen molar-refractivity contribution in [2.24, 2.45) is 0 Å². The van der Waals surface area contributed by atoms with Gasteiger partial charge in [-0.05, 0) is 41.5 Å². The number of halogens is 6. The molecule has 0 spiro atoms. The average Bonchev–Trinajstić information content (AvgIpc) is 2.59. The van der Waals surface area contributed by atoms with Crippen LogP contribution in [0.15, 0.2) is 36.5 Å². The Morgan fingerprint density at radius 2 is 1.39 bits per heavy atom. The minimum atomic E-state index is -5.04. The number of alkyl halides is 6. The fraction of sp³-hybridized carbons (Fsp3) is 0.294. The van der Waals surface area contributed by atoms with Gasteiger partial charge in [-0.2, -0.15) is 26.3 Å². The third-order valence-electron chi connectivity index (χ3n) is 3.71. The van der Waals surface area contributed by atoms with Crippen LogP contribution in [0.25, 0.3) is 4.85 Å². The monoisotopic (exact) mass is 453 g/mol. The van der Waals surface area contributed by atoms with Crippen molar-refractivity contribution in [2.45, 2.75) is 31.0 Å². The summed E-state index contributed by atoms with van der Waals surface area (Å²) in [5.41, 5.74) is -3.59. The first-order valence-electron chi connectivity index (χ1n) is 7.40. The van der Waals surface area contributed by atoms with Gasteiger partial charge in [0.05, 0.1) is 23.3 Å². The summed E-state index contributed by atoms with van der Waals surface area (Å²) in [7, 11) is 0. The Labute approximate surface area is 166 Å². The Balaban J connectivity index is 0.00000392. The Bertz CT molecular complexity index is 832. The fourth-order valence-corrected chi connectivity index (χ4v) is 2.36. The summed E-state index contributed by atoms with van der Waals surface area (Å²) in [5.74, 6) is -0.0560. The van der Waals surface area contributed by atoms with E-state index in [-0.39, 0.29) is 34.5 Å². The van der Waals surface area contributed by atoms with E-state index in [0.717, 1.165) is 0 Å². The zero-order chi connectivity index (χ0) is 20.4. The number of rotatable bonds is 4. The molecule has 2 N–H and O–H groups in total. The maximum Gasteiger partial charge on any atom is 0.416 e. The van der Waals surface area contributed by atoms with Gasteiger partial charge in [-0.25, -0.2) is 0 Å². The van der Waals surface area contributed by atoms with Crippen molar-refractivity contribution in [2.75, 3.05) is 0 Å². The van der Waals surface area contributed by atoms with E-state index < -0.39 is 47.7 Å². The predicted molar refractivity (Wildman–Crippen MR) is 81.5 cm³/mol. The summed E-state index contributed by atoms with van der Waals surface area (Å²) in [5, 5.41) is 20.2. The maximum atomic E-state index is 12.9. The number of hydrogen-bond acceptors (Lipinski definition) is 3. The predicted octanol–water partition coefficient (Wildman–Crippen LogP) is 4.82. The van der Waals surface area contributed by atoms with E-state index in [0.29, 0.717) is 12.1 Å². The van der Waals surface area contributed by atoms with Crippen molar-refractivity contribution >= 4 is 5.82 Å².